The SMILES string of the molecule is COCCSc1nnc(NC(=O)C2CCN(C(=O)c3ccccc3Cl)CC2)s1. The van der Waals surface area contributed by atoms with Crippen LogP contribution < -0.4 is 5.32 Å². The van der Waals surface area contributed by atoms with Crippen LogP contribution in [-0.4, -0.2) is 59.5 Å². The first kappa shape index (κ1) is 21.0. The molecule has 150 valence electrons. The molecule has 2 amide bonds. The number of carbonyl (C=O) groups excluding carboxylic acids is 2. The maximum Gasteiger partial charge on any atom is 0.255 e. The molecule has 0 unspecified atom stereocenters. The largest absolute Gasteiger partial charge is 0.384 e. The number of ether oxygens (including phenoxy) is 1. The van der Waals surface area contributed by atoms with E-state index in [0.29, 0.717) is 48.3 Å². The summed E-state index contributed by atoms with van der Waals surface area (Å²) in [4.78, 5) is 26.9. The Morgan fingerprint density at radius 2 is 2.07 bits per heavy atom. The third kappa shape index (κ3) is 5.44. The highest BCUT2D eigenvalue weighted by molar-refractivity contribution is 8.01. The number of nitrogens with one attached hydrogen (secondary N) is 1. The van der Waals surface area contributed by atoms with Crippen LogP contribution in [0.4, 0.5) is 5.13 Å². The molecule has 0 saturated carbocycles. The van der Waals surface area contributed by atoms with Gasteiger partial charge in [-0.15, -0.1) is 10.2 Å². The quantitative estimate of drug-likeness (QED) is 0.403. The molecule has 1 aliphatic heterocycles. The van der Waals surface area contributed by atoms with Crippen LogP contribution in [0.3, 0.4) is 0 Å². The van der Waals surface area contributed by atoms with Gasteiger partial charge in [0.2, 0.25) is 11.0 Å². The summed E-state index contributed by atoms with van der Waals surface area (Å²) in [5.74, 6) is 0.473. The highest BCUT2D eigenvalue weighted by Crippen LogP contribution is 2.27. The molecule has 28 heavy (non-hydrogen) atoms. The van der Waals surface area contributed by atoms with E-state index >= 15 is 0 Å². The number of hydrogen-bond acceptors (Lipinski definition) is 7. The van der Waals surface area contributed by atoms with Gasteiger partial charge in [-0.2, -0.15) is 0 Å². The van der Waals surface area contributed by atoms with E-state index in [-0.39, 0.29) is 17.7 Å². The molecule has 1 aromatic heterocycles. The Morgan fingerprint density at radius 3 is 2.79 bits per heavy atom. The number of rotatable bonds is 7. The number of hydrogen-bond donors (Lipinski definition) is 1. The van der Waals surface area contributed by atoms with Crippen LogP contribution in [-0.2, 0) is 9.53 Å². The molecule has 0 spiro atoms. The molecule has 1 aliphatic rings. The smallest absolute Gasteiger partial charge is 0.255 e. The fourth-order valence-corrected chi connectivity index (χ4v) is 4.83. The van der Waals surface area contributed by atoms with Crippen molar-refractivity contribution in [3.05, 3.63) is 34.9 Å². The van der Waals surface area contributed by atoms with Crippen molar-refractivity contribution >= 4 is 51.6 Å². The lowest BCUT2D eigenvalue weighted by Gasteiger charge is -2.31. The van der Waals surface area contributed by atoms with Gasteiger partial charge in [0.15, 0.2) is 4.34 Å². The number of aromatic nitrogens is 2. The van der Waals surface area contributed by atoms with Crippen LogP contribution in [0.1, 0.15) is 23.2 Å². The number of halogens is 1. The molecule has 3 rings (SSSR count). The van der Waals surface area contributed by atoms with Crippen molar-refractivity contribution in [3.8, 4) is 0 Å². The molecule has 1 aromatic carbocycles. The molecule has 10 heteroatoms. The summed E-state index contributed by atoms with van der Waals surface area (Å²) in [7, 11) is 1.65. The number of anilines is 1. The van der Waals surface area contributed by atoms with Gasteiger partial charge < -0.3 is 15.0 Å². The Kier molecular flexibility index (Phi) is 7.66. The minimum absolute atomic E-state index is 0.0746. The fourth-order valence-electron chi connectivity index (χ4n) is 2.89. The maximum atomic E-state index is 12.6. The fraction of sp³-hybridized carbons (Fsp3) is 0.444. The molecule has 0 radical (unpaired) electrons. The monoisotopic (exact) mass is 440 g/mol. The molecule has 1 N–H and O–H groups in total. The van der Waals surface area contributed by atoms with Gasteiger partial charge in [-0.25, -0.2) is 0 Å². The third-order valence-corrected chi connectivity index (χ3v) is 6.67. The van der Waals surface area contributed by atoms with E-state index in [1.807, 2.05) is 0 Å². The Bertz CT molecular complexity index is 825. The summed E-state index contributed by atoms with van der Waals surface area (Å²) in [6.45, 7) is 1.68. The first-order valence-corrected chi connectivity index (χ1v) is 11.1. The van der Waals surface area contributed by atoms with E-state index in [9.17, 15) is 9.59 Å². The van der Waals surface area contributed by atoms with Gasteiger partial charge in [0, 0.05) is 31.9 Å². The first-order valence-electron chi connectivity index (χ1n) is 8.88. The van der Waals surface area contributed by atoms with Crippen LogP contribution in [0.25, 0.3) is 0 Å². The second kappa shape index (κ2) is 10.2. The number of nitrogens with zero attached hydrogens (tertiary/aromatic N) is 3. The Balaban J connectivity index is 1.49. The zero-order valence-electron chi connectivity index (χ0n) is 15.4. The Labute approximate surface area is 176 Å². The lowest BCUT2D eigenvalue weighted by atomic mass is 9.95. The van der Waals surface area contributed by atoms with Crippen molar-refractivity contribution in [1.29, 1.82) is 0 Å². The van der Waals surface area contributed by atoms with E-state index in [4.69, 9.17) is 16.3 Å². The summed E-state index contributed by atoms with van der Waals surface area (Å²) in [6, 6.07) is 7.02. The number of thioether (sulfide) groups is 1. The van der Waals surface area contributed by atoms with E-state index in [1.165, 1.54) is 11.3 Å². The minimum Gasteiger partial charge on any atom is -0.384 e. The van der Waals surface area contributed by atoms with Crippen LogP contribution >= 0.6 is 34.7 Å². The van der Waals surface area contributed by atoms with E-state index in [2.05, 4.69) is 15.5 Å². The molecule has 0 atom stereocenters. The minimum atomic E-state index is -0.149. The predicted molar refractivity (Wildman–Crippen MR) is 111 cm³/mol. The average Bonchev–Trinajstić information content (AvgIpc) is 3.15. The van der Waals surface area contributed by atoms with Gasteiger partial charge in [0.1, 0.15) is 0 Å². The normalized spacial score (nSPS) is 14.9. The standard InChI is InChI=1S/C18H21ClN4O3S2/c1-26-10-11-27-18-22-21-17(28-18)20-15(24)12-6-8-23(9-7-12)16(25)13-4-2-3-5-14(13)19/h2-5,12H,6-11H2,1H3,(H,20,21,24). The lowest BCUT2D eigenvalue weighted by Crippen LogP contribution is -2.41. The highest BCUT2D eigenvalue weighted by Gasteiger charge is 2.29. The molecule has 7 nitrogen and oxygen atoms in total. The zero-order chi connectivity index (χ0) is 19.9. The molecular weight excluding hydrogens is 420 g/mol. The summed E-state index contributed by atoms with van der Waals surface area (Å²) >= 11 is 9.02. The molecule has 1 saturated heterocycles. The lowest BCUT2D eigenvalue weighted by molar-refractivity contribution is -0.121. The second-order valence-electron chi connectivity index (χ2n) is 6.25. The topological polar surface area (TPSA) is 84.4 Å². The summed E-state index contributed by atoms with van der Waals surface area (Å²) < 4.78 is 5.80. The molecule has 2 heterocycles. The van der Waals surface area contributed by atoms with Crippen molar-refractivity contribution in [2.75, 3.05) is 37.9 Å². The highest BCUT2D eigenvalue weighted by atomic mass is 35.5. The summed E-state index contributed by atoms with van der Waals surface area (Å²) in [5.41, 5.74) is 0.499. The van der Waals surface area contributed by atoms with Crippen molar-refractivity contribution < 1.29 is 14.3 Å². The van der Waals surface area contributed by atoms with Gasteiger partial charge in [0.25, 0.3) is 5.91 Å². The predicted octanol–water partition coefficient (Wildman–Crippen LogP) is 3.42. The number of piperidine rings is 1. The van der Waals surface area contributed by atoms with Gasteiger partial charge in [0.05, 0.1) is 17.2 Å². The second-order valence-corrected chi connectivity index (χ2v) is 8.98. The number of amides is 2. The molecule has 0 aliphatic carbocycles. The number of benzene rings is 1. The van der Waals surface area contributed by atoms with Gasteiger partial charge in [-0.1, -0.05) is 46.8 Å². The zero-order valence-corrected chi connectivity index (χ0v) is 17.8. The van der Waals surface area contributed by atoms with Crippen LogP contribution in [0.15, 0.2) is 28.6 Å². The first-order chi connectivity index (χ1) is 13.6. The summed E-state index contributed by atoms with van der Waals surface area (Å²) in [6.07, 6.45) is 1.21. The number of carbonyl (C=O) groups is 2. The number of methoxy groups -OCH3 is 1. The van der Waals surface area contributed by atoms with E-state index in [0.717, 1.165) is 10.1 Å². The van der Waals surface area contributed by atoms with Crippen molar-refractivity contribution in [2.45, 2.75) is 17.2 Å². The van der Waals surface area contributed by atoms with Crippen LogP contribution in [0.2, 0.25) is 5.02 Å². The molecule has 1 fully saturated rings. The van der Waals surface area contributed by atoms with Crippen molar-refractivity contribution in [1.82, 2.24) is 15.1 Å². The molecule has 2 aromatic rings. The average molecular weight is 441 g/mol. The van der Waals surface area contributed by atoms with E-state index in [1.54, 1.807) is 48.0 Å². The number of likely N-dealkylation sites (tertiary alicyclic amines) is 1. The van der Waals surface area contributed by atoms with E-state index < -0.39 is 0 Å². The van der Waals surface area contributed by atoms with Crippen LogP contribution in [0.5, 0.6) is 0 Å². The molecule has 0 bridgehead atoms. The maximum absolute atomic E-state index is 12.6. The van der Waals surface area contributed by atoms with Gasteiger partial charge in [-0.3, -0.25) is 9.59 Å². The Hall–Kier alpha value is -1.68. The van der Waals surface area contributed by atoms with Crippen LogP contribution in [0, 0.1) is 5.92 Å². The Morgan fingerprint density at radius 1 is 1.32 bits per heavy atom. The van der Waals surface area contributed by atoms with Gasteiger partial charge >= 0.3 is 0 Å². The van der Waals surface area contributed by atoms with Gasteiger partial charge in [-0.05, 0) is 25.0 Å². The molecular formula is C18H21ClN4O3S2. The van der Waals surface area contributed by atoms with Crippen molar-refractivity contribution in [2.24, 2.45) is 5.92 Å². The third-order valence-electron chi connectivity index (χ3n) is 4.41. The summed E-state index contributed by atoms with van der Waals surface area (Å²) in [5, 5.41) is 11.9. The van der Waals surface area contributed by atoms with Crippen molar-refractivity contribution in [3.63, 3.8) is 0 Å².